The highest BCUT2D eigenvalue weighted by atomic mass is 35.5. The van der Waals surface area contributed by atoms with E-state index in [-0.39, 0.29) is 12.3 Å². The van der Waals surface area contributed by atoms with Gasteiger partial charge in [-0.1, -0.05) is 40.9 Å². The monoisotopic (exact) mass is 425 g/mol. The number of rotatable bonds is 6. The number of hydrogen-bond donors (Lipinski definition) is 1. The van der Waals surface area contributed by atoms with Gasteiger partial charge < -0.3 is 5.32 Å². The molecule has 0 spiro atoms. The molecule has 0 aliphatic rings. The van der Waals surface area contributed by atoms with E-state index < -0.39 is 0 Å². The summed E-state index contributed by atoms with van der Waals surface area (Å²) in [6.45, 7) is 4.83. The minimum absolute atomic E-state index is 0.177. The summed E-state index contributed by atoms with van der Waals surface area (Å²) in [7, 11) is 0. The van der Waals surface area contributed by atoms with Gasteiger partial charge in [0.25, 0.3) is 0 Å². The number of amides is 1. The first-order valence-corrected chi connectivity index (χ1v) is 9.43. The van der Waals surface area contributed by atoms with Crippen LogP contribution in [0.25, 0.3) is 0 Å². The molecule has 2 aromatic heterocycles. The molecule has 0 saturated heterocycles. The first-order valence-electron chi connectivity index (χ1n) is 8.29. The number of benzene rings is 1. The highest BCUT2D eigenvalue weighted by Crippen LogP contribution is 2.24. The van der Waals surface area contributed by atoms with Crippen molar-refractivity contribution >= 4 is 46.5 Å². The lowest BCUT2D eigenvalue weighted by molar-refractivity contribution is -0.116. The number of carbonyl (C=O) groups excluding carboxylic acids is 1. The summed E-state index contributed by atoms with van der Waals surface area (Å²) >= 11 is 18.2. The summed E-state index contributed by atoms with van der Waals surface area (Å²) < 4.78 is 3.44. The van der Waals surface area contributed by atoms with Crippen molar-refractivity contribution in [3.05, 3.63) is 62.5 Å². The third kappa shape index (κ3) is 5.03. The molecule has 0 bridgehead atoms. The number of halogens is 3. The zero-order chi connectivity index (χ0) is 19.6. The van der Waals surface area contributed by atoms with Gasteiger partial charge in [0.15, 0.2) is 5.82 Å². The van der Waals surface area contributed by atoms with Crippen LogP contribution in [0.4, 0.5) is 5.82 Å². The Morgan fingerprint density at radius 2 is 1.85 bits per heavy atom. The van der Waals surface area contributed by atoms with Crippen molar-refractivity contribution in [3.8, 4) is 0 Å². The Kier molecular flexibility index (Phi) is 6.09. The van der Waals surface area contributed by atoms with Gasteiger partial charge in [0, 0.05) is 24.9 Å². The Balaban J connectivity index is 1.61. The van der Waals surface area contributed by atoms with Gasteiger partial charge in [0.1, 0.15) is 5.02 Å². The Morgan fingerprint density at radius 3 is 2.52 bits per heavy atom. The van der Waals surface area contributed by atoms with Gasteiger partial charge in [-0.05, 0) is 37.6 Å². The van der Waals surface area contributed by atoms with E-state index in [9.17, 15) is 4.79 Å². The van der Waals surface area contributed by atoms with Crippen LogP contribution in [0.15, 0.2) is 30.5 Å². The third-order valence-electron chi connectivity index (χ3n) is 3.96. The Bertz CT molecular complexity index is 980. The lowest BCUT2D eigenvalue weighted by Crippen LogP contribution is -2.16. The number of carbonyl (C=O) groups is 1. The topological polar surface area (TPSA) is 64.7 Å². The molecule has 27 heavy (non-hydrogen) atoms. The largest absolute Gasteiger partial charge is 0.308 e. The molecule has 0 aliphatic heterocycles. The maximum Gasteiger partial charge on any atom is 0.227 e. The average Bonchev–Trinajstić information content (AvgIpc) is 3.10. The van der Waals surface area contributed by atoms with E-state index in [4.69, 9.17) is 34.8 Å². The Hall–Kier alpha value is -2.02. The van der Waals surface area contributed by atoms with Crippen LogP contribution >= 0.6 is 34.8 Å². The molecule has 2 heterocycles. The summed E-state index contributed by atoms with van der Waals surface area (Å²) in [5.41, 5.74) is 2.87. The SMILES string of the molecule is Cc1cc(C)n(CCC(=O)Nc2nn(Cc3ccc(Cl)c(Cl)c3)cc2Cl)n1. The summed E-state index contributed by atoms with van der Waals surface area (Å²) in [5, 5.41) is 12.8. The van der Waals surface area contributed by atoms with E-state index in [2.05, 4.69) is 15.5 Å². The van der Waals surface area contributed by atoms with Gasteiger partial charge >= 0.3 is 0 Å². The second-order valence-electron chi connectivity index (χ2n) is 6.22. The zero-order valence-electron chi connectivity index (χ0n) is 14.8. The number of aromatic nitrogens is 4. The molecular formula is C18H18Cl3N5O. The fourth-order valence-corrected chi connectivity index (χ4v) is 3.21. The van der Waals surface area contributed by atoms with Crippen molar-refractivity contribution in [2.75, 3.05) is 5.32 Å². The van der Waals surface area contributed by atoms with Crippen LogP contribution < -0.4 is 5.32 Å². The second-order valence-corrected chi connectivity index (χ2v) is 7.44. The van der Waals surface area contributed by atoms with Crippen LogP contribution in [-0.2, 0) is 17.9 Å². The van der Waals surface area contributed by atoms with Crippen molar-refractivity contribution < 1.29 is 4.79 Å². The molecule has 0 aliphatic carbocycles. The van der Waals surface area contributed by atoms with Crippen molar-refractivity contribution in [3.63, 3.8) is 0 Å². The molecule has 1 aromatic carbocycles. The van der Waals surface area contributed by atoms with Gasteiger partial charge in [-0.15, -0.1) is 0 Å². The minimum Gasteiger partial charge on any atom is -0.308 e. The number of nitrogens with one attached hydrogen (secondary N) is 1. The Morgan fingerprint density at radius 1 is 1.07 bits per heavy atom. The molecule has 142 valence electrons. The van der Waals surface area contributed by atoms with E-state index in [0.717, 1.165) is 17.0 Å². The molecule has 1 amide bonds. The van der Waals surface area contributed by atoms with Crippen LogP contribution in [0.5, 0.6) is 0 Å². The molecular weight excluding hydrogens is 409 g/mol. The first kappa shape index (κ1) is 19.7. The summed E-state index contributed by atoms with van der Waals surface area (Å²) in [6.07, 6.45) is 1.93. The van der Waals surface area contributed by atoms with Crippen LogP contribution in [0.1, 0.15) is 23.4 Å². The number of hydrogen-bond acceptors (Lipinski definition) is 3. The average molecular weight is 427 g/mol. The fraction of sp³-hybridized carbons (Fsp3) is 0.278. The predicted octanol–water partition coefficient (Wildman–Crippen LogP) is 4.73. The van der Waals surface area contributed by atoms with Crippen LogP contribution in [0.3, 0.4) is 0 Å². The zero-order valence-corrected chi connectivity index (χ0v) is 17.1. The maximum atomic E-state index is 12.2. The van der Waals surface area contributed by atoms with Gasteiger partial charge in [-0.2, -0.15) is 10.2 Å². The fourth-order valence-electron chi connectivity index (χ4n) is 2.69. The van der Waals surface area contributed by atoms with Gasteiger partial charge in [0.2, 0.25) is 5.91 Å². The van der Waals surface area contributed by atoms with E-state index in [1.54, 1.807) is 27.7 Å². The molecule has 1 N–H and O–H groups in total. The predicted molar refractivity (Wildman–Crippen MR) is 108 cm³/mol. The molecule has 9 heteroatoms. The molecule has 3 rings (SSSR count). The summed E-state index contributed by atoms with van der Waals surface area (Å²) in [4.78, 5) is 12.2. The summed E-state index contributed by atoms with van der Waals surface area (Å²) in [6, 6.07) is 7.33. The number of aryl methyl sites for hydroxylation is 3. The van der Waals surface area contributed by atoms with Crippen LogP contribution in [0, 0.1) is 13.8 Å². The first-order chi connectivity index (χ1) is 12.8. The highest BCUT2D eigenvalue weighted by Gasteiger charge is 2.12. The highest BCUT2D eigenvalue weighted by molar-refractivity contribution is 6.42. The Labute approximate surface area is 172 Å². The molecule has 6 nitrogen and oxygen atoms in total. The smallest absolute Gasteiger partial charge is 0.227 e. The van der Waals surface area contributed by atoms with Gasteiger partial charge in [-0.25, -0.2) is 0 Å². The molecule has 3 aromatic rings. The number of nitrogens with zero attached hydrogens (tertiary/aromatic N) is 4. The molecule has 0 atom stereocenters. The normalized spacial score (nSPS) is 11.0. The third-order valence-corrected chi connectivity index (χ3v) is 4.97. The van der Waals surface area contributed by atoms with E-state index in [0.29, 0.717) is 34.0 Å². The van der Waals surface area contributed by atoms with Crippen molar-refractivity contribution in [1.82, 2.24) is 19.6 Å². The van der Waals surface area contributed by atoms with Gasteiger partial charge in [-0.3, -0.25) is 14.2 Å². The minimum atomic E-state index is -0.177. The summed E-state index contributed by atoms with van der Waals surface area (Å²) in [5.74, 6) is 0.152. The lowest BCUT2D eigenvalue weighted by atomic mass is 10.2. The van der Waals surface area contributed by atoms with Crippen molar-refractivity contribution in [2.24, 2.45) is 0 Å². The molecule has 0 radical (unpaired) electrons. The standard InChI is InChI=1S/C18H18Cl3N5O/c1-11-7-12(2)26(23-11)6-5-17(27)22-18-16(21)10-25(24-18)9-13-3-4-14(19)15(20)8-13/h3-4,7-8,10H,5-6,9H2,1-2H3,(H,22,24,27). The van der Waals surface area contributed by atoms with Crippen molar-refractivity contribution in [2.45, 2.75) is 33.4 Å². The van der Waals surface area contributed by atoms with Crippen LogP contribution in [-0.4, -0.2) is 25.5 Å². The number of anilines is 1. The quantitative estimate of drug-likeness (QED) is 0.619. The molecule has 0 saturated carbocycles. The molecule has 0 unspecified atom stereocenters. The van der Waals surface area contributed by atoms with E-state index in [1.165, 1.54) is 0 Å². The van der Waals surface area contributed by atoms with Crippen LogP contribution in [0.2, 0.25) is 15.1 Å². The second kappa shape index (κ2) is 8.33. The lowest BCUT2D eigenvalue weighted by Gasteiger charge is -2.05. The van der Waals surface area contributed by atoms with Gasteiger partial charge in [0.05, 0.1) is 22.3 Å². The van der Waals surface area contributed by atoms with Crippen molar-refractivity contribution in [1.29, 1.82) is 0 Å². The maximum absolute atomic E-state index is 12.2. The van der Waals surface area contributed by atoms with E-state index in [1.807, 2.05) is 26.0 Å². The van der Waals surface area contributed by atoms with E-state index >= 15 is 0 Å². The molecule has 0 fully saturated rings.